The van der Waals surface area contributed by atoms with Crippen LogP contribution in [0.3, 0.4) is 0 Å². The van der Waals surface area contributed by atoms with Gasteiger partial charge in [0, 0.05) is 24.9 Å². The number of rotatable bonds is 4. The summed E-state index contributed by atoms with van der Waals surface area (Å²) in [4.78, 5) is 4.45. The third-order valence-electron chi connectivity index (χ3n) is 2.63. The van der Waals surface area contributed by atoms with E-state index >= 15 is 0 Å². The molecule has 1 aromatic carbocycles. The molecule has 1 aromatic heterocycles. The van der Waals surface area contributed by atoms with E-state index in [0.29, 0.717) is 12.3 Å². The van der Waals surface area contributed by atoms with Gasteiger partial charge < -0.3 is 4.57 Å². The Morgan fingerprint density at radius 2 is 2.18 bits per heavy atom. The first-order chi connectivity index (χ1) is 8.17. The quantitative estimate of drug-likeness (QED) is 0.770. The maximum atomic E-state index is 13.5. The van der Waals surface area contributed by atoms with E-state index < -0.39 is 5.82 Å². The van der Waals surface area contributed by atoms with Gasteiger partial charge in [-0.05, 0) is 12.5 Å². The highest BCUT2D eigenvalue weighted by molar-refractivity contribution is 6.31. The van der Waals surface area contributed by atoms with Gasteiger partial charge in [0.25, 0.3) is 0 Å². The van der Waals surface area contributed by atoms with Gasteiger partial charge in [0.1, 0.15) is 11.6 Å². The van der Waals surface area contributed by atoms with Crippen molar-refractivity contribution in [2.45, 2.75) is 26.3 Å². The normalized spacial score (nSPS) is 11.3. The van der Waals surface area contributed by atoms with Crippen molar-refractivity contribution in [2.24, 2.45) is 0 Å². The lowest BCUT2D eigenvalue weighted by molar-refractivity contribution is 0.625. The zero-order valence-corrected chi connectivity index (χ0v) is 11.0. The molecule has 0 amide bonds. The molecule has 0 N–H and O–H groups in total. The largest absolute Gasteiger partial charge is 0.328 e. The van der Waals surface area contributed by atoms with Crippen LogP contribution in [0.2, 0.25) is 5.02 Å². The van der Waals surface area contributed by atoms with Crippen molar-refractivity contribution in [2.75, 3.05) is 5.88 Å². The highest BCUT2D eigenvalue weighted by atomic mass is 35.5. The van der Waals surface area contributed by atoms with Gasteiger partial charge in [-0.25, -0.2) is 9.37 Å². The van der Waals surface area contributed by atoms with Crippen molar-refractivity contribution < 1.29 is 4.39 Å². The lowest BCUT2D eigenvalue weighted by Gasteiger charge is -2.06. The number of alkyl halides is 1. The Bertz CT molecular complexity index is 537. The van der Waals surface area contributed by atoms with E-state index in [0.717, 1.165) is 29.8 Å². The van der Waals surface area contributed by atoms with Gasteiger partial charge in [0.15, 0.2) is 0 Å². The zero-order valence-electron chi connectivity index (χ0n) is 9.51. The fourth-order valence-electron chi connectivity index (χ4n) is 1.92. The molecular weight excluding hydrogens is 262 g/mol. The van der Waals surface area contributed by atoms with Crippen LogP contribution in [0.15, 0.2) is 12.1 Å². The molecule has 2 nitrogen and oxygen atoms in total. The first-order valence-corrected chi connectivity index (χ1v) is 6.48. The average molecular weight is 275 g/mol. The van der Waals surface area contributed by atoms with E-state index in [9.17, 15) is 4.39 Å². The van der Waals surface area contributed by atoms with Crippen LogP contribution >= 0.6 is 23.2 Å². The molecule has 5 heteroatoms. The molecule has 92 valence electrons. The zero-order chi connectivity index (χ0) is 12.4. The van der Waals surface area contributed by atoms with Gasteiger partial charge in [-0.3, -0.25) is 0 Å². The molecule has 2 aromatic rings. The predicted octanol–water partition coefficient (Wildman–Crippen LogP) is 4.02. The Labute approximate surface area is 109 Å². The van der Waals surface area contributed by atoms with Crippen molar-refractivity contribution in [3.63, 3.8) is 0 Å². The summed E-state index contributed by atoms with van der Waals surface area (Å²) in [5.74, 6) is 0.982. The van der Waals surface area contributed by atoms with Crippen LogP contribution in [0, 0.1) is 5.82 Å². The van der Waals surface area contributed by atoms with Gasteiger partial charge in [-0.1, -0.05) is 18.5 Å². The summed E-state index contributed by atoms with van der Waals surface area (Å²) in [5.41, 5.74) is 1.51. The van der Waals surface area contributed by atoms with Gasteiger partial charge in [-0.2, -0.15) is 0 Å². The standard InChI is InChI=1S/C12H13Cl2FN2/c1-2-5-17-11-7-9(15)8(14)6-10(11)16-12(17)3-4-13/h6-7H,2-5H2,1H3. The molecule has 0 bridgehead atoms. The molecule has 0 aliphatic heterocycles. The van der Waals surface area contributed by atoms with Crippen LogP contribution < -0.4 is 0 Å². The molecule has 0 atom stereocenters. The second-order valence-electron chi connectivity index (χ2n) is 3.87. The molecule has 0 aliphatic rings. The summed E-state index contributed by atoms with van der Waals surface area (Å²) >= 11 is 11.5. The lowest BCUT2D eigenvalue weighted by atomic mass is 10.3. The van der Waals surface area contributed by atoms with Crippen molar-refractivity contribution in [3.8, 4) is 0 Å². The Hall–Kier alpha value is -0.800. The number of fused-ring (bicyclic) bond motifs is 1. The molecule has 17 heavy (non-hydrogen) atoms. The number of imidazole rings is 1. The predicted molar refractivity (Wildman–Crippen MR) is 69.4 cm³/mol. The van der Waals surface area contributed by atoms with Crippen molar-refractivity contribution in [1.82, 2.24) is 9.55 Å². The number of aryl methyl sites for hydroxylation is 2. The summed E-state index contributed by atoms with van der Waals surface area (Å²) in [6, 6.07) is 3.01. The summed E-state index contributed by atoms with van der Waals surface area (Å²) in [5, 5.41) is 0.107. The SMILES string of the molecule is CCCn1c(CCCl)nc2cc(Cl)c(F)cc21. The Morgan fingerprint density at radius 3 is 2.82 bits per heavy atom. The van der Waals surface area contributed by atoms with Gasteiger partial charge >= 0.3 is 0 Å². The maximum Gasteiger partial charge on any atom is 0.144 e. The summed E-state index contributed by atoms with van der Waals surface area (Å²) in [7, 11) is 0. The van der Waals surface area contributed by atoms with E-state index in [-0.39, 0.29) is 5.02 Å². The van der Waals surface area contributed by atoms with Crippen LogP contribution in [0.5, 0.6) is 0 Å². The summed E-state index contributed by atoms with van der Waals surface area (Å²) in [6.07, 6.45) is 1.64. The molecule has 0 unspecified atom stereocenters. The molecule has 0 radical (unpaired) electrons. The monoisotopic (exact) mass is 274 g/mol. The fourth-order valence-corrected chi connectivity index (χ4v) is 2.25. The number of hydrogen-bond acceptors (Lipinski definition) is 1. The fraction of sp³-hybridized carbons (Fsp3) is 0.417. The molecule has 0 saturated carbocycles. The molecular formula is C12H13Cl2FN2. The smallest absolute Gasteiger partial charge is 0.144 e. The minimum atomic E-state index is -0.408. The number of nitrogens with zero attached hydrogens (tertiary/aromatic N) is 2. The minimum Gasteiger partial charge on any atom is -0.328 e. The minimum absolute atomic E-state index is 0.107. The highest BCUT2D eigenvalue weighted by Gasteiger charge is 2.12. The van der Waals surface area contributed by atoms with E-state index in [1.807, 2.05) is 4.57 Å². The first-order valence-electron chi connectivity index (χ1n) is 5.57. The van der Waals surface area contributed by atoms with E-state index in [4.69, 9.17) is 23.2 Å². The van der Waals surface area contributed by atoms with E-state index in [1.54, 1.807) is 6.07 Å². The Balaban J connectivity index is 2.62. The Kier molecular flexibility index (Phi) is 3.89. The second-order valence-corrected chi connectivity index (χ2v) is 4.66. The molecule has 0 spiro atoms. The molecule has 1 heterocycles. The summed E-state index contributed by atoms with van der Waals surface area (Å²) in [6.45, 7) is 2.88. The summed E-state index contributed by atoms with van der Waals surface area (Å²) < 4.78 is 15.5. The van der Waals surface area contributed by atoms with Crippen molar-refractivity contribution in [1.29, 1.82) is 0 Å². The van der Waals surface area contributed by atoms with Gasteiger partial charge in [0.2, 0.25) is 0 Å². The molecule has 2 rings (SSSR count). The number of benzene rings is 1. The van der Waals surface area contributed by atoms with Gasteiger partial charge in [-0.15, -0.1) is 11.6 Å². The van der Waals surface area contributed by atoms with Crippen molar-refractivity contribution in [3.05, 3.63) is 28.8 Å². The third kappa shape index (κ3) is 2.40. The topological polar surface area (TPSA) is 17.8 Å². The Morgan fingerprint density at radius 1 is 1.41 bits per heavy atom. The molecule has 0 aliphatic carbocycles. The number of hydrogen-bond donors (Lipinski definition) is 0. The van der Waals surface area contributed by atoms with Crippen LogP contribution in [0.4, 0.5) is 4.39 Å². The highest BCUT2D eigenvalue weighted by Crippen LogP contribution is 2.24. The van der Waals surface area contributed by atoms with Crippen LogP contribution in [0.25, 0.3) is 11.0 Å². The van der Waals surface area contributed by atoms with Gasteiger partial charge in [0.05, 0.1) is 16.1 Å². The third-order valence-corrected chi connectivity index (χ3v) is 3.11. The van der Waals surface area contributed by atoms with Crippen molar-refractivity contribution >= 4 is 34.2 Å². The average Bonchev–Trinajstić information content (AvgIpc) is 2.59. The van der Waals surface area contributed by atoms with E-state index in [1.165, 1.54) is 6.07 Å². The van der Waals surface area contributed by atoms with Crippen LogP contribution in [-0.4, -0.2) is 15.4 Å². The van der Waals surface area contributed by atoms with E-state index in [2.05, 4.69) is 11.9 Å². The van der Waals surface area contributed by atoms with Crippen LogP contribution in [0.1, 0.15) is 19.2 Å². The molecule has 0 saturated heterocycles. The maximum absolute atomic E-state index is 13.5. The second kappa shape index (κ2) is 5.23. The van der Waals surface area contributed by atoms with Crippen LogP contribution in [-0.2, 0) is 13.0 Å². The number of aromatic nitrogens is 2. The number of halogens is 3. The lowest BCUT2D eigenvalue weighted by Crippen LogP contribution is -2.04. The molecule has 0 fully saturated rings. The first kappa shape index (κ1) is 12.7.